The number of quaternary nitrogens is 1. The normalized spacial score (nSPS) is 25.9. The first-order chi connectivity index (χ1) is 10.3. The summed E-state index contributed by atoms with van der Waals surface area (Å²) in [6.45, 7) is 3.80. The van der Waals surface area contributed by atoms with Gasteiger partial charge in [-0.3, -0.25) is 10.1 Å². The SMILES string of the molecule is C[NH+]1CNC[C@]1(C)CC[C@@H](NC(=O)c1cc(Br)c[nH]1)C(=O)[O-]. The zero-order valence-corrected chi connectivity index (χ0v) is 14.2. The van der Waals surface area contributed by atoms with Crippen molar-refractivity contribution in [3.63, 3.8) is 0 Å². The minimum atomic E-state index is -1.26. The number of H-pyrrole nitrogens is 1. The maximum Gasteiger partial charge on any atom is 0.268 e. The molecule has 0 spiro atoms. The van der Waals surface area contributed by atoms with Crippen LogP contribution in [-0.2, 0) is 4.79 Å². The molecule has 0 saturated carbocycles. The Hall–Kier alpha value is -1.38. The smallest absolute Gasteiger partial charge is 0.268 e. The average Bonchev–Trinajstić information content (AvgIpc) is 3.02. The molecule has 122 valence electrons. The fraction of sp³-hybridized carbons (Fsp3) is 0.571. The number of carboxylic acid groups (broad SMARTS) is 1. The fourth-order valence-corrected chi connectivity index (χ4v) is 2.98. The highest BCUT2D eigenvalue weighted by Gasteiger charge is 2.38. The molecule has 2 rings (SSSR count). The second-order valence-corrected chi connectivity index (χ2v) is 6.98. The second kappa shape index (κ2) is 6.80. The van der Waals surface area contributed by atoms with E-state index in [0.717, 1.165) is 17.7 Å². The van der Waals surface area contributed by atoms with Gasteiger partial charge in [0.05, 0.1) is 25.6 Å². The van der Waals surface area contributed by atoms with Crippen LogP contribution in [0.5, 0.6) is 0 Å². The second-order valence-electron chi connectivity index (χ2n) is 6.06. The van der Waals surface area contributed by atoms with E-state index in [4.69, 9.17) is 0 Å². The van der Waals surface area contributed by atoms with Crippen molar-refractivity contribution in [3.8, 4) is 0 Å². The van der Waals surface area contributed by atoms with Gasteiger partial charge in [-0.25, -0.2) is 0 Å². The summed E-state index contributed by atoms with van der Waals surface area (Å²) >= 11 is 3.24. The number of rotatable bonds is 6. The molecule has 0 radical (unpaired) electrons. The van der Waals surface area contributed by atoms with Crippen LogP contribution in [-0.4, -0.2) is 48.7 Å². The zero-order valence-electron chi connectivity index (χ0n) is 12.7. The Labute approximate surface area is 137 Å². The first kappa shape index (κ1) is 17.0. The standard InChI is InChI=1S/C14H21BrN4O3/c1-14(7-16-8-19(14)2)4-3-10(13(21)22)18-12(20)11-5-9(15)6-17-11/h5-6,10,16-17H,3-4,7-8H2,1-2H3,(H,18,20)(H,21,22)/t10-,14+/m1/s1. The molecule has 8 heteroatoms. The van der Waals surface area contributed by atoms with Crippen molar-refractivity contribution < 1.29 is 19.6 Å². The van der Waals surface area contributed by atoms with E-state index in [2.05, 4.69) is 45.5 Å². The largest absolute Gasteiger partial charge is 0.548 e. The Bertz CT molecular complexity index is 562. The van der Waals surface area contributed by atoms with Gasteiger partial charge in [0.15, 0.2) is 0 Å². The van der Waals surface area contributed by atoms with Crippen molar-refractivity contribution in [2.45, 2.75) is 31.3 Å². The Morgan fingerprint density at radius 2 is 2.32 bits per heavy atom. The van der Waals surface area contributed by atoms with E-state index in [1.165, 1.54) is 4.90 Å². The molecule has 1 aromatic heterocycles. The van der Waals surface area contributed by atoms with Crippen LogP contribution in [0.2, 0.25) is 0 Å². The molecule has 7 nitrogen and oxygen atoms in total. The number of nitrogens with one attached hydrogen (secondary N) is 4. The lowest BCUT2D eigenvalue weighted by Crippen LogP contribution is -3.15. The summed E-state index contributed by atoms with van der Waals surface area (Å²) in [4.78, 5) is 27.4. The van der Waals surface area contributed by atoms with Crippen molar-refractivity contribution in [2.75, 3.05) is 20.3 Å². The Kier molecular flexibility index (Phi) is 5.25. The van der Waals surface area contributed by atoms with Gasteiger partial charge < -0.3 is 25.1 Å². The molecule has 0 bridgehead atoms. The maximum atomic E-state index is 12.0. The number of hydrogen-bond donors (Lipinski definition) is 4. The molecule has 1 saturated heterocycles. The zero-order chi connectivity index (χ0) is 16.3. The summed E-state index contributed by atoms with van der Waals surface area (Å²) in [5, 5.41) is 17.1. The molecule has 22 heavy (non-hydrogen) atoms. The lowest BCUT2D eigenvalue weighted by atomic mass is 9.93. The van der Waals surface area contributed by atoms with Crippen LogP contribution in [0.1, 0.15) is 30.3 Å². The summed E-state index contributed by atoms with van der Waals surface area (Å²) in [5.74, 6) is -1.71. The molecule has 3 atom stereocenters. The predicted molar refractivity (Wildman–Crippen MR) is 82.1 cm³/mol. The van der Waals surface area contributed by atoms with E-state index in [9.17, 15) is 14.7 Å². The van der Waals surface area contributed by atoms with Crippen LogP contribution >= 0.6 is 15.9 Å². The third kappa shape index (κ3) is 3.88. The van der Waals surface area contributed by atoms with Crippen LogP contribution in [0, 0.1) is 0 Å². The number of amides is 1. The van der Waals surface area contributed by atoms with Crippen molar-refractivity contribution in [2.24, 2.45) is 0 Å². The Balaban J connectivity index is 1.95. The number of aliphatic carboxylic acids is 1. The van der Waals surface area contributed by atoms with Gasteiger partial charge in [0.2, 0.25) is 0 Å². The molecule has 1 aliphatic rings. The molecule has 0 aliphatic carbocycles. The molecule has 2 heterocycles. The minimum Gasteiger partial charge on any atom is -0.548 e. The number of aromatic amines is 1. The molecule has 4 N–H and O–H groups in total. The quantitative estimate of drug-likeness (QED) is 0.475. The van der Waals surface area contributed by atoms with E-state index in [1.807, 2.05) is 0 Å². The molecule has 1 aliphatic heterocycles. The van der Waals surface area contributed by atoms with Gasteiger partial charge in [0.1, 0.15) is 17.9 Å². The van der Waals surface area contributed by atoms with Gasteiger partial charge in [-0.05, 0) is 35.3 Å². The average molecular weight is 373 g/mol. The first-order valence-corrected chi connectivity index (χ1v) is 8.00. The van der Waals surface area contributed by atoms with Crippen molar-refractivity contribution in [1.29, 1.82) is 0 Å². The highest BCUT2D eigenvalue weighted by molar-refractivity contribution is 9.10. The van der Waals surface area contributed by atoms with Crippen LogP contribution < -0.4 is 20.6 Å². The molecule has 1 aromatic rings. The van der Waals surface area contributed by atoms with Gasteiger partial charge >= 0.3 is 0 Å². The summed E-state index contributed by atoms with van der Waals surface area (Å²) in [6.07, 6.45) is 2.64. The van der Waals surface area contributed by atoms with E-state index in [0.29, 0.717) is 18.5 Å². The monoisotopic (exact) mass is 372 g/mol. The lowest BCUT2D eigenvalue weighted by molar-refractivity contribution is -0.918. The third-order valence-corrected chi connectivity index (χ3v) is 4.86. The number of halogens is 1. The number of carbonyl (C=O) groups is 2. The molecule has 1 unspecified atom stereocenters. The Morgan fingerprint density at radius 3 is 2.82 bits per heavy atom. The summed E-state index contributed by atoms with van der Waals surface area (Å²) in [7, 11) is 2.07. The third-order valence-electron chi connectivity index (χ3n) is 4.40. The van der Waals surface area contributed by atoms with Gasteiger partial charge in [0.25, 0.3) is 5.91 Å². The summed E-state index contributed by atoms with van der Waals surface area (Å²) in [5.41, 5.74) is 0.281. The van der Waals surface area contributed by atoms with E-state index in [-0.39, 0.29) is 5.54 Å². The maximum absolute atomic E-state index is 12.0. The molecule has 1 fully saturated rings. The van der Waals surface area contributed by atoms with Gasteiger partial charge in [0, 0.05) is 17.1 Å². The molecular weight excluding hydrogens is 352 g/mol. The molecular formula is C14H21BrN4O3. The van der Waals surface area contributed by atoms with Gasteiger partial charge in [-0.2, -0.15) is 0 Å². The van der Waals surface area contributed by atoms with Crippen molar-refractivity contribution >= 4 is 27.8 Å². The lowest BCUT2D eigenvalue weighted by Gasteiger charge is -2.30. The van der Waals surface area contributed by atoms with E-state index >= 15 is 0 Å². The molecule has 1 amide bonds. The number of hydrogen-bond acceptors (Lipinski definition) is 4. The number of carboxylic acids is 1. The number of likely N-dealkylation sites (N-methyl/N-ethyl adjacent to an activating group) is 1. The molecule has 0 aromatic carbocycles. The van der Waals surface area contributed by atoms with Gasteiger partial charge in [-0.15, -0.1) is 0 Å². The van der Waals surface area contributed by atoms with E-state index < -0.39 is 17.9 Å². The highest BCUT2D eigenvalue weighted by atomic mass is 79.9. The number of carbonyl (C=O) groups excluding carboxylic acids is 2. The predicted octanol–water partition coefficient (Wildman–Crippen LogP) is -1.76. The van der Waals surface area contributed by atoms with Crippen LogP contribution in [0.25, 0.3) is 0 Å². The van der Waals surface area contributed by atoms with Crippen LogP contribution in [0.4, 0.5) is 0 Å². The summed E-state index contributed by atoms with van der Waals surface area (Å²) in [6, 6.07) is 0.599. The fourth-order valence-electron chi connectivity index (χ4n) is 2.64. The first-order valence-electron chi connectivity index (χ1n) is 7.21. The number of aromatic nitrogens is 1. The van der Waals surface area contributed by atoms with Crippen molar-refractivity contribution in [1.82, 2.24) is 15.6 Å². The Morgan fingerprint density at radius 1 is 1.59 bits per heavy atom. The van der Waals surface area contributed by atoms with E-state index in [1.54, 1.807) is 12.3 Å². The minimum absolute atomic E-state index is 0.0338. The van der Waals surface area contributed by atoms with Crippen LogP contribution in [0.3, 0.4) is 0 Å². The highest BCUT2D eigenvalue weighted by Crippen LogP contribution is 2.13. The van der Waals surface area contributed by atoms with Crippen molar-refractivity contribution in [3.05, 3.63) is 22.4 Å². The van der Waals surface area contributed by atoms with Crippen LogP contribution in [0.15, 0.2) is 16.7 Å². The topological polar surface area (TPSA) is 101 Å². The summed E-state index contributed by atoms with van der Waals surface area (Å²) < 4.78 is 0.734. The van der Waals surface area contributed by atoms with Gasteiger partial charge in [-0.1, -0.05) is 0 Å².